The number of anilines is 1. The summed E-state index contributed by atoms with van der Waals surface area (Å²) in [4.78, 5) is 27.1. The molecule has 1 aliphatic rings. The maximum absolute atomic E-state index is 12.0. The van der Waals surface area contributed by atoms with Crippen LogP contribution in [-0.4, -0.2) is 22.0 Å². The first-order valence-corrected chi connectivity index (χ1v) is 6.99. The standard InChI is InChI=1S/C11H11BrN2O3S/c12-8-5-13-11(18-8)14-9(15)6-3-1-2-4-7(6)10(16)17/h1-2,5-7H,3-4H2,(H,16,17)(H,13,14,15). The number of aliphatic carboxylic acids is 1. The third kappa shape index (κ3) is 2.97. The topological polar surface area (TPSA) is 79.3 Å². The van der Waals surface area contributed by atoms with Gasteiger partial charge < -0.3 is 10.4 Å². The van der Waals surface area contributed by atoms with Crippen molar-refractivity contribution in [3.8, 4) is 0 Å². The number of thiazole rings is 1. The maximum atomic E-state index is 12.0. The van der Waals surface area contributed by atoms with Crippen LogP contribution in [0.5, 0.6) is 0 Å². The van der Waals surface area contributed by atoms with Crippen LogP contribution in [0, 0.1) is 11.8 Å². The average molecular weight is 331 g/mol. The summed E-state index contributed by atoms with van der Waals surface area (Å²) < 4.78 is 0.816. The second-order valence-corrected chi connectivity index (χ2v) is 6.36. The number of carbonyl (C=O) groups excluding carboxylic acids is 1. The molecule has 1 aliphatic carbocycles. The molecule has 2 unspecified atom stereocenters. The lowest BCUT2D eigenvalue weighted by Gasteiger charge is -2.23. The Balaban J connectivity index is 2.07. The van der Waals surface area contributed by atoms with Crippen molar-refractivity contribution in [3.05, 3.63) is 22.1 Å². The van der Waals surface area contributed by atoms with Crippen molar-refractivity contribution in [1.82, 2.24) is 4.98 Å². The zero-order chi connectivity index (χ0) is 13.1. The van der Waals surface area contributed by atoms with Crippen molar-refractivity contribution in [2.24, 2.45) is 11.8 Å². The number of hydrogen-bond acceptors (Lipinski definition) is 4. The van der Waals surface area contributed by atoms with Crippen LogP contribution in [0.25, 0.3) is 0 Å². The van der Waals surface area contributed by atoms with Crippen LogP contribution in [0.1, 0.15) is 12.8 Å². The van der Waals surface area contributed by atoms with E-state index in [0.717, 1.165) is 3.79 Å². The quantitative estimate of drug-likeness (QED) is 0.834. The van der Waals surface area contributed by atoms with Crippen molar-refractivity contribution < 1.29 is 14.7 Å². The summed E-state index contributed by atoms with van der Waals surface area (Å²) in [5.74, 6) is -2.40. The molecule has 0 saturated carbocycles. The third-order valence-electron chi connectivity index (χ3n) is 2.79. The monoisotopic (exact) mass is 330 g/mol. The highest BCUT2D eigenvalue weighted by Crippen LogP contribution is 2.29. The molecule has 1 heterocycles. The van der Waals surface area contributed by atoms with Gasteiger partial charge in [0.15, 0.2) is 5.13 Å². The number of rotatable bonds is 3. The number of allylic oxidation sites excluding steroid dienone is 2. The minimum absolute atomic E-state index is 0.284. The normalized spacial score (nSPS) is 22.7. The van der Waals surface area contributed by atoms with Gasteiger partial charge in [0.05, 0.1) is 21.8 Å². The van der Waals surface area contributed by atoms with Crippen LogP contribution < -0.4 is 5.32 Å². The second-order valence-electron chi connectivity index (χ2n) is 3.95. The molecule has 1 aromatic heterocycles. The van der Waals surface area contributed by atoms with Gasteiger partial charge in [-0.05, 0) is 28.8 Å². The fourth-order valence-electron chi connectivity index (χ4n) is 1.89. The zero-order valence-electron chi connectivity index (χ0n) is 9.30. The second kappa shape index (κ2) is 5.62. The molecule has 1 amide bonds. The lowest BCUT2D eigenvalue weighted by atomic mass is 9.82. The summed E-state index contributed by atoms with van der Waals surface area (Å²) in [6, 6.07) is 0. The molecule has 0 spiro atoms. The predicted molar refractivity (Wildman–Crippen MR) is 71.4 cm³/mol. The number of halogens is 1. The van der Waals surface area contributed by atoms with Gasteiger partial charge in [0.1, 0.15) is 0 Å². The average Bonchev–Trinajstić information content (AvgIpc) is 2.74. The largest absolute Gasteiger partial charge is 0.481 e. The zero-order valence-corrected chi connectivity index (χ0v) is 11.7. The van der Waals surface area contributed by atoms with Gasteiger partial charge in [-0.2, -0.15) is 0 Å². The number of hydrogen-bond donors (Lipinski definition) is 2. The number of carboxylic acids is 1. The van der Waals surface area contributed by atoms with E-state index in [9.17, 15) is 9.59 Å². The summed E-state index contributed by atoms with van der Waals surface area (Å²) in [6.07, 6.45) is 6.10. The van der Waals surface area contributed by atoms with Crippen molar-refractivity contribution in [1.29, 1.82) is 0 Å². The summed E-state index contributed by atoms with van der Waals surface area (Å²) in [7, 11) is 0. The van der Waals surface area contributed by atoms with Gasteiger partial charge in [0, 0.05) is 0 Å². The van der Waals surface area contributed by atoms with Crippen LogP contribution in [0.2, 0.25) is 0 Å². The number of carboxylic acid groups (broad SMARTS) is 1. The molecule has 0 bridgehead atoms. The first-order valence-electron chi connectivity index (χ1n) is 5.38. The highest BCUT2D eigenvalue weighted by molar-refractivity contribution is 9.11. The minimum atomic E-state index is -0.931. The van der Waals surface area contributed by atoms with E-state index in [1.165, 1.54) is 11.3 Å². The molecule has 0 aliphatic heterocycles. The molecule has 0 radical (unpaired) electrons. The van der Waals surface area contributed by atoms with Crippen molar-refractivity contribution in [2.75, 3.05) is 5.32 Å². The van der Waals surface area contributed by atoms with Gasteiger partial charge in [-0.15, -0.1) is 0 Å². The van der Waals surface area contributed by atoms with Crippen LogP contribution in [0.4, 0.5) is 5.13 Å². The van der Waals surface area contributed by atoms with Gasteiger partial charge in [-0.3, -0.25) is 9.59 Å². The van der Waals surface area contributed by atoms with E-state index in [-0.39, 0.29) is 5.91 Å². The van der Waals surface area contributed by atoms with E-state index in [1.54, 1.807) is 6.20 Å². The molecule has 2 rings (SSSR count). The highest BCUT2D eigenvalue weighted by Gasteiger charge is 2.34. The molecule has 2 atom stereocenters. The number of carbonyl (C=O) groups is 2. The number of amides is 1. The van der Waals surface area contributed by atoms with Gasteiger partial charge in [0.2, 0.25) is 5.91 Å². The lowest BCUT2D eigenvalue weighted by Crippen LogP contribution is -2.34. The Kier molecular flexibility index (Phi) is 4.13. The van der Waals surface area contributed by atoms with Crippen molar-refractivity contribution in [2.45, 2.75) is 12.8 Å². The Bertz CT molecular complexity index is 500. The molecule has 0 fully saturated rings. The van der Waals surface area contributed by atoms with Gasteiger partial charge >= 0.3 is 5.97 Å². The number of aromatic nitrogens is 1. The van der Waals surface area contributed by atoms with E-state index in [1.807, 2.05) is 12.2 Å². The Morgan fingerprint density at radius 2 is 2.06 bits per heavy atom. The number of nitrogens with zero attached hydrogens (tertiary/aromatic N) is 1. The number of nitrogens with one attached hydrogen (secondary N) is 1. The fourth-order valence-corrected chi connectivity index (χ4v) is 3.00. The van der Waals surface area contributed by atoms with Crippen molar-refractivity contribution >= 4 is 44.3 Å². The van der Waals surface area contributed by atoms with Gasteiger partial charge in [-0.1, -0.05) is 23.5 Å². The lowest BCUT2D eigenvalue weighted by molar-refractivity contribution is -0.146. The van der Waals surface area contributed by atoms with Crippen LogP contribution in [0.15, 0.2) is 22.1 Å². The molecule has 0 aromatic carbocycles. The Morgan fingerprint density at radius 3 is 2.61 bits per heavy atom. The highest BCUT2D eigenvalue weighted by atomic mass is 79.9. The minimum Gasteiger partial charge on any atom is -0.481 e. The molecule has 96 valence electrons. The molecular formula is C11H11BrN2O3S. The van der Waals surface area contributed by atoms with Crippen molar-refractivity contribution in [3.63, 3.8) is 0 Å². The smallest absolute Gasteiger partial charge is 0.307 e. The molecule has 5 nitrogen and oxygen atoms in total. The summed E-state index contributed by atoms with van der Waals surface area (Å²) in [6.45, 7) is 0. The van der Waals surface area contributed by atoms with Crippen LogP contribution in [-0.2, 0) is 9.59 Å². The molecule has 0 saturated heterocycles. The molecule has 18 heavy (non-hydrogen) atoms. The third-order valence-corrected chi connectivity index (χ3v) is 4.19. The molecular weight excluding hydrogens is 320 g/mol. The Labute approximate surface area is 116 Å². The summed E-state index contributed by atoms with van der Waals surface area (Å²) >= 11 is 4.55. The summed E-state index contributed by atoms with van der Waals surface area (Å²) in [5, 5.41) is 12.2. The predicted octanol–water partition coefficient (Wildman–Crippen LogP) is 2.51. The van der Waals surface area contributed by atoms with Gasteiger partial charge in [-0.25, -0.2) is 4.98 Å². The Morgan fingerprint density at radius 1 is 1.39 bits per heavy atom. The first kappa shape index (κ1) is 13.2. The molecule has 2 N–H and O–H groups in total. The molecule has 7 heteroatoms. The van der Waals surface area contributed by atoms with Crippen LogP contribution in [0.3, 0.4) is 0 Å². The SMILES string of the molecule is O=C(O)C1CC=CCC1C(=O)Nc1ncc(Br)s1. The fraction of sp³-hybridized carbons (Fsp3) is 0.364. The summed E-state index contributed by atoms with van der Waals surface area (Å²) in [5.41, 5.74) is 0. The first-order chi connectivity index (χ1) is 8.58. The van der Waals surface area contributed by atoms with E-state index in [2.05, 4.69) is 26.2 Å². The van der Waals surface area contributed by atoms with Crippen LogP contribution >= 0.6 is 27.3 Å². The van der Waals surface area contributed by atoms with E-state index < -0.39 is 17.8 Å². The van der Waals surface area contributed by atoms with Gasteiger partial charge in [0.25, 0.3) is 0 Å². The molecule has 1 aromatic rings. The maximum Gasteiger partial charge on any atom is 0.307 e. The van der Waals surface area contributed by atoms with E-state index in [4.69, 9.17) is 5.11 Å². The van der Waals surface area contributed by atoms with E-state index in [0.29, 0.717) is 18.0 Å². The van der Waals surface area contributed by atoms with E-state index >= 15 is 0 Å². The Hall–Kier alpha value is -1.21.